The lowest BCUT2D eigenvalue weighted by Gasteiger charge is -2.26. The average Bonchev–Trinajstić information content (AvgIpc) is 2.57. The lowest BCUT2D eigenvalue weighted by Crippen LogP contribution is -2.40. The Balaban J connectivity index is 2.10. The van der Waals surface area contributed by atoms with Gasteiger partial charge < -0.3 is 19.3 Å². The topological polar surface area (TPSA) is 91.3 Å². The molecule has 0 aliphatic carbocycles. The first kappa shape index (κ1) is 14.2. The zero-order valence-electron chi connectivity index (χ0n) is 10.7. The van der Waals surface area contributed by atoms with Crippen LogP contribution in [0.25, 0.3) is 0 Å². The molecule has 2 aliphatic heterocycles. The Kier molecular flexibility index (Phi) is 3.24. The number of hydrogen-bond donors (Lipinski definition) is 1. The fourth-order valence-electron chi connectivity index (χ4n) is 2.24. The van der Waals surface area contributed by atoms with Crippen molar-refractivity contribution in [3.63, 3.8) is 0 Å². The zero-order valence-corrected chi connectivity index (χ0v) is 11.6. The van der Waals surface area contributed by atoms with Gasteiger partial charge in [0.2, 0.25) is 0 Å². The smallest absolute Gasteiger partial charge is 0.264 e. The molecule has 2 fully saturated rings. The van der Waals surface area contributed by atoms with E-state index in [9.17, 15) is 13.5 Å². The molecule has 2 aliphatic rings. The van der Waals surface area contributed by atoms with Crippen LogP contribution >= 0.6 is 0 Å². The van der Waals surface area contributed by atoms with Crippen LogP contribution in [0.4, 0.5) is 0 Å². The van der Waals surface area contributed by atoms with E-state index in [4.69, 9.17) is 14.2 Å². The van der Waals surface area contributed by atoms with Crippen LogP contribution in [-0.2, 0) is 28.5 Å². The second kappa shape index (κ2) is 4.12. The predicted molar refractivity (Wildman–Crippen MR) is 60.1 cm³/mol. The van der Waals surface area contributed by atoms with E-state index in [0.29, 0.717) is 0 Å². The third-order valence-electron chi connectivity index (χ3n) is 2.86. The van der Waals surface area contributed by atoms with Gasteiger partial charge in [-0.05, 0) is 20.8 Å². The molecule has 0 radical (unpaired) electrons. The van der Waals surface area contributed by atoms with E-state index < -0.39 is 40.0 Å². The van der Waals surface area contributed by atoms with Gasteiger partial charge in [-0.1, -0.05) is 0 Å². The molecule has 0 aromatic heterocycles. The van der Waals surface area contributed by atoms with E-state index in [1.165, 1.54) is 6.92 Å². The highest BCUT2D eigenvalue weighted by atomic mass is 32.2. The van der Waals surface area contributed by atoms with Crippen molar-refractivity contribution < 1.29 is 31.9 Å². The highest BCUT2D eigenvalue weighted by Crippen LogP contribution is 2.42. The van der Waals surface area contributed by atoms with Gasteiger partial charge in [0.05, 0.1) is 12.9 Å². The quantitative estimate of drug-likeness (QED) is 0.703. The van der Waals surface area contributed by atoms with Crippen molar-refractivity contribution in [1.82, 2.24) is 0 Å². The molecule has 0 aromatic rings. The third kappa shape index (κ3) is 2.84. The molecule has 1 N–H and O–H groups in total. The first-order valence-corrected chi connectivity index (χ1v) is 7.42. The Hall–Kier alpha value is -0.250. The van der Waals surface area contributed by atoms with E-state index in [2.05, 4.69) is 4.18 Å². The van der Waals surface area contributed by atoms with Crippen LogP contribution in [0.15, 0.2) is 0 Å². The minimum absolute atomic E-state index is 0.213. The van der Waals surface area contributed by atoms with Crippen molar-refractivity contribution in [2.24, 2.45) is 0 Å². The zero-order chi connectivity index (χ0) is 13.8. The summed E-state index contributed by atoms with van der Waals surface area (Å²) in [7, 11) is -3.56. The Labute approximate surface area is 106 Å². The van der Waals surface area contributed by atoms with Gasteiger partial charge in [0.25, 0.3) is 10.1 Å². The van der Waals surface area contributed by atoms with Crippen LogP contribution < -0.4 is 0 Å². The monoisotopic (exact) mass is 282 g/mol. The van der Waals surface area contributed by atoms with Crippen LogP contribution in [0.1, 0.15) is 20.8 Å². The van der Waals surface area contributed by atoms with Gasteiger partial charge in [-0.15, -0.1) is 0 Å². The van der Waals surface area contributed by atoms with Gasteiger partial charge in [-0.25, -0.2) is 0 Å². The molecule has 0 spiro atoms. The second-order valence-electron chi connectivity index (χ2n) is 5.22. The molecule has 8 heteroatoms. The van der Waals surface area contributed by atoms with Crippen LogP contribution in [0.5, 0.6) is 0 Å². The summed E-state index contributed by atoms with van der Waals surface area (Å²) in [5.74, 6) is -2.36. The van der Waals surface area contributed by atoms with Crippen LogP contribution in [0, 0.1) is 0 Å². The molecule has 2 heterocycles. The molecule has 7 nitrogen and oxygen atoms in total. The van der Waals surface area contributed by atoms with E-state index >= 15 is 0 Å². The lowest BCUT2D eigenvalue weighted by molar-refractivity contribution is -0.267. The van der Waals surface area contributed by atoms with Crippen molar-refractivity contribution in [2.75, 3.05) is 12.9 Å². The minimum atomic E-state index is -3.56. The van der Waals surface area contributed by atoms with Crippen LogP contribution in [0.2, 0.25) is 0 Å². The highest BCUT2D eigenvalue weighted by Gasteiger charge is 2.60. The number of ether oxygens (including phenoxy) is 3. The van der Waals surface area contributed by atoms with Gasteiger partial charge in [0.1, 0.15) is 18.3 Å². The van der Waals surface area contributed by atoms with Gasteiger partial charge in [0.15, 0.2) is 11.6 Å². The summed E-state index contributed by atoms with van der Waals surface area (Å²) >= 11 is 0. The molecule has 0 aromatic carbocycles. The Morgan fingerprint density at radius 2 is 1.83 bits per heavy atom. The van der Waals surface area contributed by atoms with Crippen LogP contribution in [-0.4, -0.2) is 56.3 Å². The first-order valence-electron chi connectivity index (χ1n) is 5.60. The van der Waals surface area contributed by atoms with Crippen molar-refractivity contribution in [3.8, 4) is 0 Å². The molecule has 2 saturated heterocycles. The van der Waals surface area contributed by atoms with Gasteiger partial charge in [0, 0.05) is 0 Å². The molecule has 18 heavy (non-hydrogen) atoms. The first-order chi connectivity index (χ1) is 8.00. The number of rotatable bonds is 3. The normalized spacial score (nSPS) is 43.1. The molecule has 0 amide bonds. The van der Waals surface area contributed by atoms with Gasteiger partial charge in [-0.3, -0.25) is 4.18 Å². The molecule has 0 saturated carbocycles. The number of fused-ring (bicyclic) bond motifs is 1. The molecule has 106 valence electrons. The number of aliphatic hydroxyl groups is 1. The maximum atomic E-state index is 11.0. The fraction of sp³-hybridized carbons (Fsp3) is 1.00. The fourth-order valence-corrected chi connectivity index (χ4v) is 2.62. The summed E-state index contributed by atoms with van der Waals surface area (Å²) < 4.78 is 43.1. The minimum Gasteiger partial charge on any atom is -0.364 e. The van der Waals surface area contributed by atoms with E-state index in [1.54, 1.807) is 13.8 Å². The predicted octanol–water partition coefficient (Wildman–Crippen LogP) is -0.410. The Bertz CT molecular complexity index is 428. The summed E-state index contributed by atoms with van der Waals surface area (Å²) in [5, 5.41) is 10.1. The van der Waals surface area contributed by atoms with Crippen molar-refractivity contribution >= 4 is 10.1 Å². The largest absolute Gasteiger partial charge is 0.364 e. The summed E-state index contributed by atoms with van der Waals surface area (Å²) in [6.45, 7) is 4.68. The maximum absolute atomic E-state index is 11.0. The highest BCUT2D eigenvalue weighted by molar-refractivity contribution is 7.85. The van der Waals surface area contributed by atoms with Crippen molar-refractivity contribution in [1.29, 1.82) is 0 Å². The van der Waals surface area contributed by atoms with Crippen molar-refractivity contribution in [2.45, 2.75) is 50.7 Å². The van der Waals surface area contributed by atoms with E-state index in [0.717, 1.165) is 6.26 Å². The lowest BCUT2D eigenvalue weighted by atomic mass is 10.1. The van der Waals surface area contributed by atoms with Gasteiger partial charge in [-0.2, -0.15) is 8.42 Å². The third-order valence-corrected chi connectivity index (χ3v) is 3.42. The molecular weight excluding hydrogens is 264 g/mol. The Morgan fingerprint density at radius 1 is 1.22 bits per heavy atom. The molecular formula is C10H18O7S. The standard InChI is InChI=1S/C10H18O7S/c1-9(2)16-7-6(5-14-18(4,12)13)15-10(3,11)8(7)17-9/h6-8,11H,5H2,1-4H3/t6-,7+,8+,10?/m0/s1. The average molecular weight is 282 g/mol. The second-order valence-corrected chi connectivity index (χ2v) is 6.86. The maximum Gasteiger partial charge on any atom is 0.264 e. The molecule has 2 rings (SSSR count). The molecule has 4 atom stereocenters. The van der Waals surface area contributed by atoms with Gasteiger partial charge >= 0.3 is 0 Å². The summed E-state index contributed by atoms with van der Waals surface area (Å²) in [5.41, 5.74) is 0. The number of hydrogen-bond acceptors (Lipinski definition) is 7. The summed E-state index contributed by atoms with van der Waals surface area (Å²) in [6.07, 6.45) is -0.966. The summed E-state index contributed by atoms with van der Waals surface area (Å²) in [4.78, 5) is 0. The van der Waals surface area contributed by atoms with Crippen molar-refractivity contribution in [3.05, 3.63) is 0 Å². The van der Waals surface area contributed by atoms with E-state index in [-0.39, 0.29) is 6.61 Å². The Morgan fingerprint density at radius 3 is 2.39 bits per heavy atom. The van der Waals surface area contributed by atoms with E-state index in [1.807, 2.05) is 0 Å². The SMILES string of the molecule is CC1(C)O[C@@H]2[C@H](COS(C)(=O)=O)OC(C)(O)[C@@H]2O1. The molecule has 1 unspecified atom stereocenters. The summed E-state index contributed by atoms with van der Waals surface area (Å²) in [6, 6.07) is 0. The van der Waals surface area contributed by atoms with Crippen LogP contribution in [0.3, 0.4) is 0 Å². The molecule has 0 bridgehead atoms.